The molecule has 1 aromatic carbocycles. The topological polar surface area (TPSA) is 65.4 Å². The molecule has 1 amide bonds. The Morgan fingerprint density at radius 1 is 1.33 bits per heavy atom. The third-order valence-corrected chi connectivity index (χ3v) is 3.33. The van der Waals surface area contributed by atoms with Gasteiger partial charge >= 0.3 is 0 Å². The van der Waals surface area contributed by atoms with E-state index in [0.29, 0.717) is 23.9 Å². The Hall–Kier alpha value is -2.76. The second-order valence-corrected chi connectivity index (χ2v) is 5.42. The number of anilines is 1. The fraction of sp³-hybridized carbons (Fsp3) is 0.333. The summed E-state index contributed by atoms with van der Waals surface area (Å²) in [6, 6.07) is 7.46. The van der Waals surface area contributed by atoms with Gasteiger partial charge in [-0.15, -0.1) is 0 Å². The first kappa shape index (κ1) is 17.6. The first-order valence-corrected chi connectivity index (χ1v) is 7.88. The van der Waals surface area contributed by atoms with E-state index in [1.807, 2.05) is 39.0 Å². The largest absolute Gasteiger partial charge is 0.493 e. The molecule has 6 nitrogen and oxygen atoms in total. The Kier molecular flexibility index (Phi) is 6.01. The molecule has 6 heteroatoms. The van der Waals surface area contributed by atoms with Gasteiger partial charge in [0.2, 0.25) is 5.91 Å². The number of aromatic nitrogens is 2. The van der Waals surface area contributed by atoms with E-state index in [9.17, 15) is 4.79 Å². The Morgan fingerprint density at radius 2 is 2.12 bits per heavy atom. The summed E-state index contributed by atoms with van der Waals surface area (Å²) in [5.41, 5.74) is 0.853. The molecular formula is C18H23N3O3. The highest BCUT2D eigenvalue weighted by Gasteiger charge is 2.08. The predicted molar refractivity (Wildman–Crippen MR) is 94.4 cm³/mol. The quantitative estimate of drug-likeness (QED) is 0.789. The summed E-state index contributed by atoms with van der Waals surface area (Å²) in [5, 5.41) is 7.01. The molecule has 2 aromatic rings. The number of carbonyl (C=O) groups is 1. The number of hydrogen-bond acceptors (Lipinski definition) is 4. The number of amides is 1. The number of ether oxygens (including phenoxy) is 2. The summed E-state index contributed by atoms with van der Waals surface area (Å²) in [7, 11) is 1.60. The molecule has 0 unspecified atom stereocenters. The number of methoxy groups -OCH3 is 1. The van der Waals surface area contributed by atoms with Gasteiger partial charge in [-0.3, -0.25) is 4.79 Å². The zero-order chi connectivity index (χ0) is 17.5. The molecule has 1 heterocycles. The minimum Gasteiger partial charge on any atom is -0.493 e. The smallest absolute Gasteiger partial charge is 0.249 e. The number of benzene rings is 1. The van der Waals surface area contributed by atoms with E-state index >= 15 is 0 Å². The summed E-state index contributed by atoms with van der Waals surface area (Å²) < 4.78 is 12.5. The normalized spacial score (nSPS) is 11.0. The van der Waals surface area contributed by atoms with Crippen molar-refractivity contribution in [2.24, 2.45) is 0 Å². The van der Waals surface area contributed by atoms with E-state index < -0.39 is 0 Å². The molecule has 2 rings (SSSR count). The average Bonchev–Trinajstić information content (AvgIpc) is 3.02. The third-order valence-electron chi connectivity index (χ3n) is 3.33. The molecule has 0 atom stereocenters. The SMILES string of the molecule is CCOc1cc(C=CC(=O)Nc2ccnn2C(C)C)ccc1OC. The molecule has 1 aromatic heterocycles. The molecule has 0 aliphatic carbocycles. The van der Waals surface area contributed by atoms with Crippen LogP contribution in [0.2, 0.25) is 0 Å². The van der Waals surface area contributed by atoms with E-state index in [0.717, 1.165) is 5.56 Å². The minimum atomic E-state index is -0.217. The van der Waals surface area contributed by atoms with Gasteiger partial charge in [0.15, 0.2) is 11.5 Å². The molecule has 0 aliphatic rings. The van der Waals surface area contributed by atoms with Crippen LogP contribution in [-0.2, 0) is 4.79 Å². The average molecular weight is 329 g/mol. The molecule has 0 bridgehead atoms. The van der Waals surface area contributed by atoms with Gasteiger partial charge in [0.25, 0.3) is 0 Å². The molecule has 0 spiro atoms. The summed E-state index contributed by atoms with van der Waals surface area (Å²) in [6.45, 7) is 6.46. The van der Waals surface area contributed by atoms with Gasteiger partial charge in [0.1, 0.15) is 5.82 Å². The van der Waals surface area contributed by atoms with Crippen LogP contribution in [0, 0.1) is 0 Å². The van der Waals surface area contributed by atoms with Crippen LogP contribution in [0.5, 0.6) is 11.5 Å². The van der Waals surface area contributed by atoms with Gasteiger partial charge < -0.3 is 14.8 Å². The Labute approximate surface area is 142 Å². The van der Waals surface area contributed by atoms with E-state index in [1.54, 1.807) is 30.1 Å². The van der Waals surface area contributed by atoms with Crippen LogP contribution < -0.4 is 14.8 Å². The highest BCUT2D eigenvalue weighted by molar-refractivity contribution is 6.01. The first-order valence-electron chi connectivity index (χ1n) is 7.88. The van der Waals surface area contributed by atoms with Crippen LogP contribution in [0.4, 0.5) is 5.82 Å². The van der Waals surface area contributed by atoms with Crippen molar-refractivity contribution >= 4 is 17.8 Å². The number of carbonyl (C=O) groups excluding carboxylic acids is 1. The molecule has 0 aliphatic heterocycles. The number of rotatable bonds is 7. The molecule has 1 N–H and O–H groups in total. The standard InChI is InChI=1S/C18H23N3O3/c1-5-24-16-12-14(6-8-15(16)23-4)7-9-18(22)20-17-10-11-19-21(17)13(2)3/h6-13H,5H2,1-4H3,(H,20,22). The van der Waals surface area contributed by atoms with Crippen molar-refractivity contribution in [1.82, 2.24) is 9.78 Å². The Balaban J connectivity index is 2.08. The highest BCUT2D eigenvalue weighted by Crippen LogP contribution is 2.28. The highest BCUT2D eigenvalue weighted by atomic mass is 16.5. The zero-order valence-electron chi connectivity index (χ0n) is 14.4. The van der Waals surface area contributed by atoms with Crippen molar-refractivity contribution in [3.05, 3.63) is 42.1 Å². The van der Waals surface area contributed by atoms with E-state index in [-0.39, 0.29) is 11.9 Å². The zero-order valence-corrected chi connectivity index (χ0v) is 14.4. The van der Waals surface area contributed by atoms with Crippen LogP contribution >= 0.6 is 0 Å². The number of nitrogens with one attached hydrogen (secondary N) is 1. The second kappa shape index (κ2) is 8.19. The van der Waals surface area contributed by atoms with Gasteiger partial charge in [-0.1, -0.05) is 6.07 Å². The minimum absolute atomic E-state index is 0.176. The van der Waals surface area contributed by atoms with Crippen molar-refractivity contribution in [3.63, 3.8) is 0 Å². The monoisotopic (exact) mass is 329 g/mol. The van der Waals surface area contributed by atoms with Crippen molar-refractivity contribution in [2.75, 3.05) is 19.0 Å². The maximum atomic E-state index is 12.1. The third kappa shape index (κ3) is 4.38. The van der Waals surface area contributed by atoms with E-state index in [1.165, 1.54) is 6.08 Å². The Morgan fingerprint density at radius 3 is 2.79 bits per heavy atom. The van der Waals surface area contributed by atoms with Crippen molar-refractivity contribution in [1.29, 1.82) is 0 Å². The summed E-state index contributed by atoms with van der Waals surface area (Å²) >= 11 is 0. The van der Waals surface area contributed by atoms with Crippen molar-refractivity contribution in [2.45, 2.75) is 26.8 Å². The van der Waals surface area contributed by atoms with Crippen molar-refractivity contribution < 1.29 is 14.3 Å². The molecular weight excluding hydrogens is 306 g/mol. The molecule has 0 saturated carbocycles. The van der Waals surface area contributed by atoms with Gasteiger partial charge in [0.05, 0.1) is 19.9 Å². The van der Waals surface area contributed by atoms with Crippen LogP contribution in [0.15, 0.2) is 36.5 Å². The van der Waals surface area contributed by atoms with Crippen LogP contribution in [0.1, 0.15) is 32.4 Å². The summed E-state index contributed by atoms with van der Waals surface area (Å²) in [5.74, 6) is 1.77. The van der Waals surface area contributed by atoms with Crippen LogP contribution in [-0.4, -0.2) is 29.4 Å². The lowest BCUT2D eigenvalue weighted by Gasteiger charge is -2.11. The predicted octanol–water partition coefficient (Wildman–Crippen LogP) is 3.52. The van der Waals surface area contributed by atoms with Gasteiger partial charge in [-0.2, -0.15) is 5.10 Å². The van der Waals surface area contributed by atoms with Gasteiger partial charge in [0, 0.05) is 18.2 Å². The van der Waals surface area contributed by atoms with Gasteiger partial charge in [-0.25, -0.2) is 4.68 Å². The fourth-order valence-electron chi connectivity index (χ4n) is 2.23. The number of hydrogen-bond donors (Lipinski definition) is 1. The fourth-order valence-corrected chi connectivity index (χ4v) is 2.23. The van der Waals surface area contributed by atoms with Crippen LogP contribution in [0.25, 0.3) is 6.08 Å². The molecule has 0 fully saturated rings. The molecule has 128 valence electrons. The van der Waals surface area contributed by atoms with E-state index in [4.69, 9.17) is 9.47 Å². The van der Waals surface area contributed by atoms with Gasteiger partial charge in [-0.05, 0) is 44.5 Å². The lowest BCUT2D eigenvalue weighted by Crippen LogP contribution is -2.14. The van der Waals surface area contributed by atoms with Crippen molar-refractivity contribution in [3.8, 4) is 11.5 Å². The Bertz CT molecular complexity index is 720. The first-order chi connectivity index (χ1) is 11.5. The molecule has 24 heavy (non-hydrogen) atoms. The number of nitrogens with zero attached hydrogens (tertiary/aromatic N) is 2. The summed E-state index contributed by atoms with van der Waals surface area (Å²) in [6.07, 6.45) is 4.87. The lowest BCUT2D eigenvalue weighted by molar-refractivity contribution is -0.111. The van der Waals surface area contributed by atoms with E-state index in [2.05, 4.69) is 10.4 Å². The molecule has 0 saturated heterocycles. The molecule has 0 radical (unpaired) electrons. The maximum absolute atomic E-state index is 12.1. The summed E-state index contributed by atoms with van der Waals surface area (Å²) in [4.78, 5) is 12.1. The lowest BCUT2D eigenvalue weighted by atomic mass is 10.2. The maximum Gasteiger partial charge on any atom is 0.249 e. The van der Waals surface area contributed by atoms with Crippen LogP contribution in [0.3, 0.4) is 0 Å². The second-order valence-electron chi connectivity index (χ2n) is 5.42.